The molecule has 2 saturated heterocycles. The summed E-state index contributed by atoms with van der Waals surface area (Å²) in [6, 6.07) is 0. The topological polar surface area (TPSA) is 143 Å². The van der Waals surface area contributed by atoms with Crippen LogP contribution in [0.1, 0.15) is 19.8 Å². The summed E-state index contributed by atoms with van der Waals surface area (Å²) in [7, 11) is 0. The summed E-state index contributed by atoms with van der Waals surface area (Å²) in [4.78, 5) is 24.8. The Morgan fingerprint density at radius 3 is 2.63 bits per heavy atom. The fourth-order valence-electron chi connectivity index (χ4n) is 4.82. The Bertz CT molecular complexity index is 826. The molecule has 30 heavy (non-hydrogen) atoms. The molecule has 0 bridgehead atoms. The maximum atomic E-state index is 12.7. The number of ether oxygens (including phenoxy) is 3. The third-order valence-electron chi connectivity index (χ3n) is 6.52. The number of hydrogen-bond acceptors (Lipinski definition) is 9. The van der Waals surface area contributed by atoms with E-state index in [1.807, 2.05) is 6.92 Å². The maximum absolute atomic E-state index is 12.7. The van der Waals surface area contributed by atoms with Gasteiger partial charge in [-0.15, -0.1) is 0 Å². The first-order valence-corrected chi connectivity index (χ1v) is 10.0. The minimum Gasteiger partial charge on any atom is -0.457 e. The summed E-state index contributed by atoms with van der Waals surface area (Å²) in [5.74, 6) is -1.30. The Hall–Kier alpha value is -1.88. The standard InChI is InChI=1S/C21H26O9/c1-8-3-4-11-9(2)20(27)30-19(11)15-10(5-12(23)14(8)15)7-28-21-18(26)17(25)16(24)13(6-22)29-21/h5,11,13,15-19,21-22,24-26H,2-4,6-7H2,1H3/t11-,13+,15-,16+,17-,18+,19-,21+/m0/s1. The summed E-state index contributed by atoms with van der Waals surface area (Å²) >= 11 is 0. The van der Waals surface area contributed by atoms with Gasteiger partial charge in [-0.1, -0.05) is 12.2 Å². The van der Waals surface area contributed by atoms with Crippen LogP contribution in [0.2, 0.25) is 0 Å². The van der Waals surface area contributed by atoms with Crippen molar-refractivity contribution in [2.24, 2.45) is 11.8 Å². The number of hydrogen-bond donors (Lipinski definition) is 4. The predicted octanol–water partition coefficient (Wildman–Crippen LogP) is -0.864. The Balaban J connectivity index is 1.55. The number of fused-ring (bicyclic) bond motifs is 3. The van der Waals surface area contributed by atoms with Gasteiger partial charge < -0.3 is 34.6 Å². The fraction of sp³-hybridized carbons (Fsp3) is 0.619. The summed E-state index contributed by atoms with van der Waals surface area (Å²) in [6.45, 7) is 5.05. The molecule has 0 spiro atoms. The highest BCUT2D eigenvalue weighted by Gasteiger charge is 2.51. The van der Waals surface area contributed by atoms with Gasteiger partial charge in [0, 0.05) is 23.0 Å². The molecule has 9 nitrogen and oxygen atoms in total. The molecule has 164 valence electrons. The van der Waals surface area contributed by atoms with E-state index in [0.29, 0.717) is 29.6 Å². The van der Waals surface area contributed by atoms with Crippen LogP contribution in [0.5, 0.6) is 0 Å². The molecule has 2 heterocycles. The Labute approximate surface area is 173 Å². The van der Waals surface area contributed by atoms with Gasteiger partial charge in [-0.3, -0.25) is 4.79 Å². The van der Waals surface area contributed by atoms with Crippen molar-refractivity contribution in [3.8, 4) is 0 Å². The Morgan fingerprint density at radius 1 is 1.20 bits per heavy atom. The molecule has 0 aromatic heterocycles. The lowest BCUT2D eigenvalue weighted by molar-refractivity contribution is -0.299. The van der Waals surface area contributed by atoms with Crippen LogP contribution in [0.3, 0.4) is 0 Å². The van der Waals surface area contributed by atoms with Crippen molar-refractivity contribution in [2.75, 3.05) is 13.2 Å². The average molecular weight is 422 g/mol. The summed E-state index contributed by atoms with van der Waals surface area (Å²) < 4.78 is 16.6. The van der Waals surface area contributed by atoms with E-state index in [1.54, 1.807) is 0 Å². The van der Waals surface area contributed by atoms with E-state index in [9.17, 15) is 30.0 Å². The van der Waals surface area contributed by atoms with E-state index in [-0.39, 0.29) is 18.3 Å². The van der Waals surface area contributed by atoms with E-state index in [4.69, 9.17) is 14.2 Å². The number of aliphatic hydroxyl groups is 4. The molecule has 2 fully saturated rings. The van der Waals surface area contributed by atoms with Crippen molar-refractivity contribution in [3.63, 3.8) is 0 Å². The number of carbonyl (C=O) groups excluding carboxylic acids is 2. The summed E-state index contributed by atoms with van der Waals surface area (Å²) in [6.07, 6.45) is -4.76. The van der Waals surface area contributed by atoms with Crippen LogP contribution in [0.15, 0.2) is 34.9 Å². The number of esters is 1. The molecule has 4 N–H and O–H groups in total. The number of rotatable bonds is 4. The van der Waals surface area contributed by atoms with Gasteiger partial charge in [0.25, 0.3) is 0 Å². The van der Waals surface area contributed by atoms with Crippen LogP contribution >= 0.6 is 0 Å². The summed E-state index contributed by atoms with van der Waals surface area (Å²) in [5.41, 5.74) is 2.51. The first-order chi connectivity index (χ1) is 14.2. The normalized spacial score (nSPS) is 41.4. The number of allylic oxidation sites excluding steroid dienone is 2. The highest BCUT2D eigenvalue weighted by atomic mass is 16.7. The number of carbonyl (C=O) groups is 2. The quantitative estimate of drug-likeness (QED) is 0.336. The number of aliphatic hydroxyl groups excluding tert-OH is 4. The highest BCUT2D eigenvalue weighted by molar-refractivity contribution is 6.09. The van der Waals surface area contributed by atoms with Crippen molar-refractivity contribution in [3.05, 3.63) is 34.9 Å². The van der Waals surface area contributed by atoms with Crippen LogP contribution in [-0.4, -0.2) is 82.2 Å². The molecule has 0 aromatic rings. The molecule has 0 radical (unpaired) electrons. The largest absolute Gasteiger partial charge is 0.457 e. The lowest BCUT2D eigenvalue weighted by Gasteiger charge is -2.39. The van der Waals surface area contributed by atoms with Gasteiger partial charge in [-0.05, 0) is 31.4 Å². The molecule has 0 aromatic carbocycles. The smallest absolute Gasteiger partial charge is 0.334 e. The van der Waals surface area contributed by atoms with Gasteiger partial charge in [-0.2, -0.15) is 0 Å². The molecular weight excluding hydrogens is 396 g/mol. The predicted molar refractivity (Wildman–Crippen MR) is 101 cm³/mol. The van der Waals surface area contributed by atoms with E-state index in [2.05, 4.69) is 6.58 Å². The van der Waals surface area contributed by atoms with Gasteiger partial charge in [0.05, 0.1) is 13.2 Å². The molecule has 4 aliphatic rings. The van der Waals surface area contributed by atoms with Crippen molar-refractivity contribution in [2.45, 2.75) is 56.6 Å². The third kappa shape index (κ3) is 3.35. The minimum atomic E-state index is -1.56. The van der Waals surface area contributed by atoms with Crippen LogP contribution in [0.25, 0.3) is 0 Å². The zero-order chi connectivity index (χ0) is 21.7. The molecule has 0 unspecified atom stereocenters. The van der Waals surface area contributed by atoms with Crippen LogP contribution < -0.4 is 0 Å². The molecule has 8 atom stereocenters. The third-order valence-corrected chi connectivity index (χ3v) is 6.52. The summed E-state index contributed by atoms with van der Waals surface area (Å²) in [5, 5.41) is 39.3. The van der Waals surface area contributed by atoms with E-state index in [1.165, 1.54) is 6.08 Å². The Morgan fingerprint density at radius 2 is 1.93 bits per heavy atom. The van der Waals surface area contributed by atoms with Gasteiger partial charge in [0.15, 0.2) is 12.1 Å². The molecule has 2 aliphatic carbocycles. The zero-order valence-electron chi connectivity index (χ0n) is 16.6. The molecule has 0 amide bonds. The second-order valence-electron chi connectivity index (χ2n) is 8.30. The van der Waals surface area contributed by atoms with Crippen molar-refractivity contribution in [1.29, 1.82) is 0 Å². The lowest BCUT2D eigenvalue weighted by atomic mass is 9.83. The van der Waals surface area contributed by atoms with Gasteiger partial charge in [-0.25, -0.2) is 4.79 Å². The average Bonchev–Trinajstić information content (AvgIpc) is 3.14. The lowest BCUT2D eigenvalue weighted by Crippen LogP contribution is -2.59. The van der Waals surface area contributed by atoms with Crippen LogP contribution in [-0.2, 0) is 23.8 Å². The van der Waals surface area contributed by atoms with Crippen LogP contribution in [0.4, 0.5) is 0 Å². The van der Waals surface area contributed by atoms with Crippen LogP contribution in [0, 0.1) is 11.8 Å². The first kappa shape index (κ1) is 21.4. The van der Waals surface area contributed by atoms with Gasteiger partial charge in [0.2, 0.25) is 0 Å². The SMILES string of the molecule is C=C1C(=O)O[C@@H]2[C@H]3C(CO[C@@H]4O[C@H](CO)[C@@H](O)[C@H](O)[C@H]4O)=CC(=O)C3=C(C)CC[C@@H]12. The second kappa shape index (κ2) is 7.99. The molecule has 0 saturated carbocycles. The zero-order valence-corrected chi connectivity index (χ0v) is 16.6. The van der Waals surface area contributed by atoms with Gasteiger partial charge in [0.1, 0.15) is 30.5 Å². The monoisotopic (exact) mass is 422 g/mol. The molecule has 9 heteroatoms. The van der Waals surface area contributed by atoms with Crippen molar-refractivity contribution < 1.29 is 44.2 Å². The first-order valence-electron chi connectivity index (χ1n) is 10.0. The Kier molecular flexibility index (Phi) is 5.69. The van der Waals surface area contributed by atoms with E-state index in [0.717, 1.165) is 5.57 Å². The number of ketones is 1. The molecular formula is C21H26O9. The fourth-order valence-corrected chi connectivity index (χ4v) is 4.82. The minimum absolute atomic E-state index is 0.122. The van der Waals surface area contributed by atoms with Crippen molar-refractivity contribution >= 4 is 11.8 Å². The molecule has 4 rings (SSSR count). The molecule has 2 aliphatic heterocycles. The maximum Gasteiger partial charge on any atom is 0.334 e. The van der Waals surface area contributed by atoms with E-state index < -0.39 is 55.3 Å². The second-order valence-corrected chi connectivity index (χ2v) is 8.30. The van der Waals surface area contributed by atoms with Crippen molar-refractivity contribution in [1.82, 2.24) is 0 Å². The highest BCUT2D eigenvalue weighted by Crippen LogP contribution is 2.47. The van der Waals surface area contributed by atoms with Gasteiger partial charge >= 0.3 is 5.97 Å². The van der Waals surface area contributed by atoms with E-state index >= 15 is 0 Å².